The third-order valence-corrected chi connectivity index (χ3v) is 4.44. The minimum absolute atomic E-state index is 0.125. The van der Waals surface area contributed by atoms with Crippen LogP contribution in [0.3, 0.4) is 0 Å². The van der Waals surface area contributed by atoms with E-state index in [9.17, 15) is 0 Å². The van der Waals surface area contributed by atoms with Gasteiger partial charge in [-0.2, -0.15) is 11.3 Å². The van der Waals surface area contributed by atoms with E-state index in [-0.39, 0.29) is 12.2 Å². The molecule has 0 aromatic carbocycles. The van der Waals surface area contributed by atoms with Crippen molar-refractivity contribution >= 4 is 17.2 Å². The normalized spacial score (nSPS) is 22.5. The van der Waals surface area contributed by atoms with Crippen molar-refractivity contribution in [3.8, 4) is 0 Å². The van der Waals surface area contributed by atoms with Crippen molar-refractivity contribution in [1.82, 2.24) is 9.97 Å². The molecule has 2 atom stereocenters. The van der Waals surface area contributed by atoms with Crippen LogP contribution >= 0.6 is 11.3 Å². The van der Waals surface area contributed by atoms with Crippen molar-refractivity contribution in [1.29, 1.82) is 0 Å². The zero-order valence-corrected chi connectivity index (χ0v) is 13.6. The number of thiophene rings is 1. The first-order chi connectivity index (χ1) is 10.2. The number of aryl methyl sites for hydroxylation is 2. The van der Waals surface area contributed by atoms with Crippen LogP contribution < -0.4 is 4.90 Å². The Morgan fingerprint density at radius 3 is 2.95 bits per heavy atom. The second-order valence-electron chi connectivity index (χ2n) is 5.52. The van der Waals surface area contributed by atoms with E-state index < -0.39 is 0 Å². The molecule has 0 amide bonds. The Labute approximate surface area is 129 Å². The molecular weight excluding hydrogens is 282 g/mol. The number of ether oxygens (including phenoxy) is 1. The van der Waals surface area contributed by atoms with Gasteiger partial charge in [0.25, 0.3) is 0 Å². The number of nitrogens with zero attached hydrogens (tertiary/aromatic N) is 3. The number of morpholine rings is 1. The minimum atomic E-state index is 0.125. The van der Waals surface area contributed by atoms with Crippen LogP contribution in [0.15, 0.2) is 22.9 Å². The van der Waals surface area contributed by atoms with Gasteiger partial charge in [-0.05, 0) is 42.7 Å². The maximum Gasteiger partial charge on any atom is 0.132 e. The Hall–Kier alpha value is -1.46. The molecule has 4 nitrogen and oxygen atoms in total. The minimum Gasteiger partial charge on any atom is -0.367 e. The first kappa shape index (κ1) is 14.5. The molecule has 21 heavy (non-hydrogen) atoms. The Bertz CT molecular complexity index is 600. The molecule has 112 valence electrons. The third kappa shape index (κ3) is 3.24. The topological polar surface area (TPSA) is 38.2 Å². The molecule has 3 rings (SSSR count). The third-order valence-electron chi connectivity index (χ3n) is 3.74. The fourth-order valence-electron chi connectivity index (χ4n) is 2.74. The second kappa shape index (κ2) is 6.12. The monoisotopic (exact) mass is 303 g/mol. The predicted molar refractivity (Wildman–Crippen MR) is 86.0 cm³/mol. The molecule has 1 saturated heterocycles. The van der Waals surface area contributed by atoms with E-state index in [2.05, 4.69) is 51.6 Å². The van der Waals surface area contributed by atoms with Gasteiger partial charge in [0.15, 0.2) is 0 Å². The van der Waals surface area contributed by atoms with Crippen LogP contribution in [0, 0.1) is 6.92 Å². The quantitative estimate of drug-likeness (QED) is 0.871. The van der Waals surface area contributed by atoms with Crippen LogP contribution in [0.5, 0.6) is 0 Å². The average molecular weight is 303 g/mol. The van der Waals surface area contributed by atoms with Gasteiger partial charge in [0.05, 0.1) is 6.10 Å². The Morgan fingerprint density at radius 1 is 1.38 bits per heavy atom. The van der Waals surface area contributed by atoms with Crippen LogP contribution in [0.4, 0.5) is 5.82 Å². The van der Waals surface area contributed by atoms with Crippen molar-refractivity contribution in [3.63, 3.8) is 0 Å². The summed E-state index contributed by atoms with van der Waals surface area (Å²) < 4.78 is 6.09. The summed E-state index contributed by atoms with van der Waals surface area (Å²) in [5.41, 5.74) is 2.36. The average Bonchev–Trinajstić information content (AvgIpc) is 3.00. The lowest BCUT2D eigenvalue weighted by atomic mass is 10.1. The van der Waals surface area contributed by atoms with Gasteiger partial charge in [-0.25, -0.2) is 9.97 Å². The summed E-state index contributed by atoms with van der Waals surface area (Å²) in [5, 5.41) is 4.27. The molecule has 0 aliphatic carbocycles. The molecule has 0 bridgehead atoms. The SMILES string of the molecule is CCc1cc(N2CC(C)OC(c3ccsc3)C2)nc(C)n1. The van der Waals surface area contributed by atoms with E-state index in [4.69, 9.17) is 4.74 Å². The molecule has 2 aromatic rings. The van der Waals surface area contributed by atoms with Crippen molar-refractivity contribution in [3.05, 3.63) is 40.0 Å². The lowest BCUT2D eigenvalue weighted by Gasteiger charge is -2.37. The van der Waals surface area contributed by atoms with Crippen LogP contribution in [0.2, 0.25) is 0 Å². The fourth-order valence-corrected chi connectivity index (χ4v) is 3.44. The molecule has 0 N–H and O–H groups in total. The molecule has 2 aromatic heterocycles. The van der Waals surface area contributed by atoms with E-state index in [1.54, 1.807) is 11.3 Å². The highest BCUT2D eigenvalue weighted by molar-refractivity contribution is 7.07. The molecular formula is C16H21N3OS. The van der Waals surface area contributed by atoms with Crippen LogP contribution in [-0.4, -0.2) is 29.2 Å². The summed E-state index contributed by atoms with van der Waals surface area (Å²) in [7, 11) is 0. The standard InChI is InChI=1S/C16H21N3OS/c1-4-14-7-16(18-12(3)17-14)19-8-11(2)20-15(9-19)13-5-6-21-10-13/h5-7,10-11,15H,4,8-9H2,1-3H3. The van der Waals surface area contributed by atoms with Gasteiger partial charge in [-0.15, -0.1) is 0 Å². The highest BCUT2D eigenvalue weighted by Crippen LogP contribution is 2.29. The smallest absolute Gasteiger partial charge is 0.132 e. The van der Waals surface area contributed by atoms with Gasteiger partial charge in [-0.3, -0.25) is 0 Å². The molecule has 2 unspecified atom stereocenters. The highest BCUT2D eigenvalue weighted by Gasteiger charge is 2.27. The molecule has 1 fully saturated rings. The molecule has 5 heteroatoms. The summed E-state index contributed by atoms with van der Waals surface area (Å²) in [5.74, 6) is 1.87. The van der Waals surface area contributed by atoms with Gasteiger partial charge in [0.1, 0.15) is 17.7 Å². The number of rotatable bonds is 3. The maximum atomic E-state index is 6.09. The first-order valence-corrected chi connectivity index (χ1v) is 8.37. The Morgan fingerprint density at radius 2 is 2.24 bits per heavy atom. The summed E-state index contributed by atoms with van der Waals surface area (Å²) in [6.07, 6.45) is 1.26. The van der Waals surface area contributed by atoms with E-state index >= 15 is 0 Å². The van der Waals surface area contributed by atoms with Gasteiger partial charge in [0, 0.05) is 24.8 Å². The van der Waals surface area contributed by atoms with E-state index in [0.29, 0.717) is 0 Å². The van der Waals surface area contributed by atoms with Crippen molar-refractivity contribution in [2.75, 3.05) is 18.0 Å². The molecule has 0 radical (unpaired) electrons. The zero-order chi connectivity index (χ0) is 14.8. The second-order valence-corrected chi connectivity index (χ2v) is 6.30. The van der Waals surface area contributed by atoms with E-state index in [1.807, 2.05) is 6.92 Å². The summed E-state index contributed by atoms with van der Waals surface area (Å²) in [6.45, 7) is 7.94. The van der Waals surface area contributed by atoms with Gasteiger partial charge < -0.3 is 9.64 Å². The Kier molecular flexibility index (Phi) is 4.22. The predicted octanol–water partition coefficient (Wildman–Crippen LogP) is 3.38. The number of hydrogen-bond acceptors (Lipinski definition) is 5. The number of hydrogen-bond donors (Lipinski definition) is 0. The molecule has 1 aliphatic heterocycles. The maximum absolute atomic E-state index is 6.09. The summed E-state index contributed by atoms with van der Waals surface area (Å²) in [4.78, 5) is 11.4. The zero-order valence-electron chi connectivity index (χ0n) is 12.7. The van der Waals surface area contributed by atoms with E-state index in [0.717, 1.165) is 36.8 Å². The van der Waals surface area contributed by atoms with Crippen molar-refractivity contribution in [2.24, 2.45) is 0 Å². The van der Waals surface area contributed by atoms with Crippen molar-refractivity contribution in [2.45, 2.75) is 39.4 Å². The van der Waals surface area contributed by atoms with Crippen LogP contribution in [0.1, 0.15) is 37.0 Å². The number of anilines is 1. The fraction of sp³-hybridized carbons (Fsp3) is 0.500. The molecule has 3 heterocycles. The lowest BCUT2D eigenvalue weighted by molar-refractivity contribution is -0.0174. The van der Waals surface area contributed by atoms with Gasteiger partial charge >= 0.3 is 0 Å². The van der Waals surface area contributed by atoms with Crippen LogP contribution in [-0.2, 0) is 11.2 Å². The summed E-state index contributed by atoms with van der Waals surface area (Å²) in [6, 6.07) is 4.25. The van der Waals surface area contributed by atoms with Crippen LogP contribution in [0.25, 0.3) is 0 Å². The van der Waals surface area contributed by atoms with E-state index in [1.165, 1.54) is 5.56 Å². The lowest BCUT2D eigenvalue weighted by Crippen LogP contribution is -2.43. The highest BCUT2D eigenvalue weighted by atomic mass is 32.1. The molecule has 1 aliphatic rings. The van der Waals surface area contributed by atoms with Crippen molar-refractivity contribution < 1.29 is 4.74 Å². The van der Waals surface area contributed by atoms with Gasteiger partial charge in [0.2, 0.25) is 0 Å². The molecule has 0 saturated carbocycles. The van der Waals surface area contributed by atoms with Gasteiger partial charge in [-0.1, -0.05) is 6.92 Å². The molecule has 0 spiro atoms. The number of aromatic nitrogens is 2. The largest absolute Gasteiger partial charge is 0.367 e. The first-order valence-electron chi connectivity index (χ1n) is 7.42. The summed E-state index contributed by atoms with van der Waals surface area (Å²) >= 11 is 1.72. The Balaban J connectivity index is 1.86.